The maximum atomic E-state index is 6.19. The molecule has 0 saturated carbocycles. The molecule has 1 atom stereocenters. The normalized spacial score (nSPS) is 20.1. The van der Waals surface area contributed by atoms with Gasteiger partial charge in [-0.15, -0.1) is 0 Å². The first-order valence-corrected chi connectivity index (χ1v) is 5.84. The molecule has 1 aromatic rings. The summed E-state index contributed by atoms with van der Waals surface area (Å²) in [6.07, 6.45) is 1.79. The molecule has 1 unspecified atom stereocenters. The standard InChI is InChI=1S/C12H16ClN3/c1-16-12(8-9(15-16)6-7-14)10-4-2-3-5-11(10)13/h2-5,12H,6-8,14H2,1H3. The maximum absolute atomic E-state index is 6.19. The van der Waals surface area contributed by atoms with Gasteiger partial charge in [0.25, 0.3) is 0 Å². The molecule has 0 bridgehead atoms. The zero-order valence-electron chi connectivity index (χ0n) is 9.36. The van der Waals surface area contributed by atoms with E-state index in [-0.39, 0.29) is 6.04 Å². The minimum absolute atomic E-state index is 0.259. The van der Waals surface area contributed by atoms with Gasteiger partial charge in [0.15, 0.2) is 0 Å². The van der Waals surface area contributed by atoms with Crippen LogP contribution in [0, 0.1) is 0 Å². The first-order valence-electron chi connectivity index (χ1n) is 5.46. The lowest BCUT2D eigenvalue weighted by Gasteiger charge is -2.20. The third-order valence-corrected chi connectivity index (χ3v) is 3.22. The van der Waals surface area contributed by atoms with Crippen LogP contribution in [-0.2, 0) is 0 Å². The molecular formula is C12H16ClN3. The summed E-state index contributed by atoms with van der Waals surface area (Å²) in [6, 6.07) is 8.20. The lowest BCUT2D eigenvalue weighted by atomic mass is 10.0. The molecule has 1 heterocycles. The van der Waals surface area contributed by atoms with Crippen LogP contribution >= 0.6 is 11.6 Å². The van der Waals surface area contributed by atoms with Gasteiger partial charge in [-0.25, -0.2) is 0 Å². The Morgan fingerprint density at radius 3 is 2.94 bits per heavy atom. The molecule has 4 heteroatoms. The Kier molecular flexibility index (Phi) is 3.46. The summed E-state index contributed by atoms with van der Waals surface area (Å²) in [5.41, 5.74) is 7.85. The van der Waals surface area contributed by atoms with Crippen molar-refractivity contribution in [3.8, 4) is 0 Å². The number of rotatable bonds is 3. The van der Waals surface area contributed by atoms with Gasteiger partial charge in [0.05, 0.1) is 6.04 Å². The largest absolute Gasteiger partial charge is 0.330 e. The fourth-order valence-corrected chi connectivity index (χ4v) is 2.33. The van der Waals surface area contributed by atoms with Gasteiger partial charge in [0.1, 0.15) is 0 Å². The van der Waals surface area contributed by atoms with Crippen LogP contribution in [0.4, 0.5) is 0 Å². The van der Waals surface area contributed by atoms with Crippen molar-refractivity contribution in [1.82, 2.24) is 5.01 Å². The second-order valence-electron chi connectivity index (χ2n) is 4.02. The van der Waals surface area contributed by atoms with Crippen LogP contribution in [-0.4, -0.2) is 24.3 Å². The molecule has 0 fully saturated rings. The second-order valence-corrected chi connectivity index (χ2v) is 4.43. The minimum atomic E-state index is 0.259. The van der Waals surface area contributed by atoms with E-state index in [4.69, 9.17) is 17.3 Å². The van der Waals surface area contributed by atoms with Crippen molar-refractivity contribution in [2.75, 3.05) is 13.6 Å². The van der Waals surface area contributed by atoms with Crippen molar-refractivity contribution in [2.45, 2.75) is 18.9 Å². The highest BCUT2D eigenvalue weighted by molar-refractivity contribution is 6.31. The van der Waals surface area contributed by atoms with E-state index in [0.717, 1.165) is 29.1 Å². The molecule has 1 aliphatic heterocycles. The number of hydrogen-bond acceptors (Lipinski definition) is 3. The maximum Gasteiger partial charge on any atom is 0.0783 e. The topological polar surface area (TPSA) is 41.6 Å². The molecule has 2 rings (SSSR count). The van der Waals surface area contributed by atoms with E-state index < -0.39 is 0 Å². The summed E-state index contributed by atoms with van der Waals surface area (Å²) in [5, 5.41) is 7.28. The van der Waals surface area contributed by atoms with E-state index >= 15 is 0 Å². The van der Waals surface area contributed by atoms with E-state index in [0.29, 0.717) is 6.54 Å². The summed E-state index contributed by atoms with van der Waals surface area (Å²) in [5.74, 6) is 0. The second kappa shape index (κ2) is 4.85. The molecule has 0 aromatic heterocycles. The molecule has 0 aliphatic carbocycles. The van der Waals surface area contributed by atoms with Crippen LogP contribution in [0.1, 0.15) is 24.4 Å². The highest BCUT2D eigenvalue weighted by atomic mass is 35.5. The van der Waals surface area contributed by atoms with Gasteiger partial charge >= 0.3 is 0 Å². The molecule has 1 aliphatic rings. The monoisotopic (exact) mass is 237 g/mol. The summed E-state index contributed by atoms with van der Waals surface area (Å²) >= 11 is 6.19. The Morgan fingerprint density at radius 2 is 2.25 bits per heavy atom. The van der Waals surface area contributed by atoms with E-state index in [1.165, 1.54) is 0 Å². The molecular weight excluding hydrogens is 222 g/mol. The van der Waals surface area contributed by atoms with Crippen LogP contribution in [0.15, 0.2) is 29.4 Å². The molecule has 0 spiro atoms. The molecule has 0 amide bonds. The summed E-state index contributed by atoms with van der Waals surface area (Å²) in [6.45, 7) is 0.655. The van der Waals surface area contributed by atoms with Crippen molar-refractivity contribution in [1.29, 1.82) is 0 Å². The van der Waals surface area contributed by atoms with Crippen molar-refractivity contribution in [3.63, 3.8) is 0 Å². The average molecular weight is 238 g/mol. The predicted octanol–water partition coefficient (Wildman–Crippen LogP) is 2.42. The lowest BCUT2D eigenvalue weighted by molar-refractivity contribution is 0.290. The summed E-state index contributed by atoms with van der Waals surface area (Å²) in [4.78, 5) is 0. The number of hydrogen-bond donors (Lipinski definition) is 1. The summed E-state index contributed by atoms with van der Waals surface area (Å²) < 4.78 is 0. The number of nitrogens with two attached hydrogens (primary N) is 1. The van der Waals surface area contributed by atoms with Crippen LogP contribution in [0.5, 0.6) is 0 Å². The molecule has 1 aromatic carbocycles. The van der Waals surface area contributed by atoms with Crippen molar-refractivity contribution in [2.24, 2.45) is 10.8 Å². The van der Waals surface area contributed by atoms with Crippen LogP contribution in [0.25, 0.3) is 0 Å². The summed E-state index contributed by atoms with van der Waals surface area (Å²) in [7, 11) is 1.98. The van der Waals surface area contributed by atoms with Gasteiger partial charge in [-0.05, 0) is 24.6 Å². The minimum Gasteiger partial charge on any atom is -0.330 e. The predicted molar refractivity (Wildman–Crippen MR) is 67.7 cm³/mol. The van der Waals surface area contributed by atoms with Crippen LogP contribution in [0.3, 0.4) is 0 Å². The number of halogens is 1. The number of benzene rings is 1. The third kappa shape index (κ3) is 2.20. The molecule has 86 valence electrons. The van der Waals surface area contributed by atoms with Gasteiger partial charge in [-0.1, -0.05) is 29.8 Å². The van der Waals surface area contributed by atoms with Crippen molar-refractivity contribution in [3.05, 3.63) is 34.9 Å². The number of nitrogens with zero attached hydrogens (tertiary/aromatic N) is 2. The lowest BCUT2D eigenvalue weighted by Crippen LogP contribution is -2.14. The molecule has 2 N–H and O–H groups in total. The smallest absolute Gasteiger partial charge is 0.0783 e. The van der Waals surface area contributed by atoms with Crippen LogP contribution in [0.2, 0.25) is 5.02 Å². The van der Waals surface area contributed by atoms with E-state index in [1.54, 1.807) is 0 Å². The highest BCUT2D eigenvalue weighted by Gasteiger charge is 2.25. The first kappa shape index (κ1) is 11.4. The van der Waals surface area contributed by atoms with Crippen molar-refractivity contribution >= 4 is 17.3 Å². The van der Waals surface area contributed by atoms with E-state index in [2.05, 4.69) is 11.2 Å². The Morgan fingerprint density at radius 1 is 1.50 bits per heavy atom. The Labute approximate surface area is 101 Å². The molecule has 0 saturated heterocycles. The SMILES string of the molecule is CN1N=C(CCN)CC1c1ccccc1Cl. The van der Waals surface area contributed by atoms with Gasteiger partial charge in [-0.2, -0.15) is 5.10 Å². The molecule has 16 heavy (non-hydrogen) atoms. The average Bonchev–Trinajstić information content (AvgIpc) is 2.61. The Bertz CT molecular complexity index is 403. The highest BCUT2D eigenvalue weighted by Crippen LogP contribution is 2.33. The molecule has 3 nitrogen and oxygen atoms in total. The molecule has 0 radical (unpaired) electrons. The van der Waals surface area contributed by atoms with E-state index in [1.807, 2.05) is 30.3 Å². The number of hydrazone groups is 1. The third-order valence-electron chi connectivity index (χ3n) is 2.88. The Hall–Kier alpha value is -1.06. The zero-order chi connectivity index (χ0) is 11.5. The van der Waals surface area contributed by atoms with Gasteiger partial charge in [-0.3, -0.25) is 5.01 Å². The quantitative estimate of drug-likeness (QED) is 0.877. The fourth-order valence-electron chi connectivity index (χ4n) is 2.06. The van der Waals surface area contributed by atoms with E-state index in [9.17, 15) is 0 Å². The Balaban J connectivity index is 2.17. The first-order chi connectivity index (χ1) is 7.72. The van der Waals surface area contributed by atoms with Crippen molar-refractivity contribution < 1.29 is 0 Å². The van der Waals surface area contributed by atoms with Crippen LogP contribution < -0.4 is 5.73 Å². The fraction of sp³-hybridized carbons (Fsp3) is 0.417. The van der Waals surface area contributed by atoms with Gasteiger partial charge in [0.2, 0.25) is 0 Å². The zero-order valence-corrected chi connectivity index (χ0v) is 10.1. The van der Waals surface area contributed by atoms with Gasteiger partial charge < -0.3 is 5.73 Å². The van der Waals surface area contributed by atoms with Gasteiger partial charge in [0, 0.05) is 24.2 Å².